The average molecular weight is 362 g/mol. The first kappa shape index (κ1) is 17.5. The third-order valence-electron chi connectivity index (χ3n) is 5.55. The zero-order chi connectivity index (χ0) is 18.5. The van der Waals surface area contributed by atoms with Crippen molar-refractivity contribution in [2.24, 2.45) is 0 Å². The van der Waals surface area contributed by atoms with E-state index in [0.29, 0.717) is 7.48 Å². The van der Waals surface area contributed by atoms with Crippen LogP contribution in [-0.2, 0) is 4.65 Å². The summed E-state index contributed by atoms with van der Waals surface area (Å²) in [6.07, 6.45) is 0. The standard InChI is InChI=1S/C22H23BO2S/c1-21(2,24)22(3,4)25-23-18-10-7-9-16-14(18)12-13-17-15-8-5-6-11-19(15)26-20(16)17/h5-13,23-24H,1-4H3. The fraction of sp³-hybridized carbons (Fsp3) is 0.273. The number of aliphatic hydroxyl groups is 1. The van der Waals surface area contributed by atoms with Crippen LogP contribution >= 0.6 is 11.3 Å². The highest BCUT2D eigenvalue weighted by Gasteiger charge is 2.35. The normalized spacial score (nSPS) is 13.0. The molecule has 1 aromatic heterocycles. The molecule has 0 spiro atoms. The van der Waals surface area contributed by atoms with E-state index >= 15 is 0 Å². The molecule has 0 saturated heterocycles. The minimum Gasteiger partial charge on any atom is -0.427 e. The van der Waals surface area contributed by atoms with Gasteiger partial charge in [-0.1, -0.05) is 48.5 Å². The third-order valence-corrected chi connectivity index (χ3v) is 6.77. The SMILES string of the molecule is CC(C)(O)C(C)(C)OBc1cccc2c1ccc1c3ccccc3sc21. The molecule has 0 amide bonds. The van der Waals surface area contributed by atoms with Crippen molar-refractivity contribution < 1.29 is 9.76 Å². The fourth-order valence-electron chi connectivity index (χ4n) is 3.17. The summed E-state index contributed by atoms with van der Waals surface area (Å²) in [5.74, 6) is 0. The first-order valence-electron chi connectivity index (χ1n) is 8.96. The van der Waals surface area contributed by atoms with E-state index in [2.05, 4.69) is 54.6 Å². The van der Waals surface area contributed by atoms with E-state index in [1.165, 1.54) is 30.9 Å². The Labute approximate surface area is 158 Å². The fourth-order valence-corrected chi connectivity index (χ4v) is 4.40. The van der Waals surface area contributed by atoms with Crippen molar-refractivity contribution in [3.05, 3.63) is 54.6 Å². The summed E-state index contributed by atoms with van der Waals surface area (Å²) in [6, 6.07) is 19.4. The van der Waals surface area contributed by atoms with Crippen molar-refractivity contribution in [3.8, 4) is 0 Å². The topological polar surface area (TPSA) is 29.5 Å². The summed E-state index contributed by atoms with van der Waals surface area (Å²) in [5, 5.41) is 15.5. The Balaban J connectivity index is 1.81. The van der Waals surface area contributed by atoms with Crippen LogP contribution in [0.2, 0.25) is 0 Å². The zero-order valence-electron chi connectivity index (χ0n) is 15.7. The lowest BCUT2D eigenvalue weighted by atomic mass is 9.80. The number of fused-ring (bicyclic) bond motifs is 5. The molecule has 0 bridgehead atoms. The molecule has 0 aliphatic carbocycles. The van der Waals surface area contributed by atoms with E-state index in [0.717, 1.165) is 5.46 Å². The second-order valence-corrected chi connectivity index (χ2v) is 8.96. The summed E-state index contributed by atoms with van der Waals surface area (Å²) in [5.41, 5.74) is -0.382. The molecular formula is C22H23BO2S. The summed E-state index contributed by atoms with van der Waals surface area (Å²) >= 11 is 1.85. The van der Waals surface area contributed by atoms with Gasteiger partial charge in [0, 0.05) is 20.2 Å². The second-order valence-electron chi connectivity index (χ2n) is 7.91. The Kier molecular flexibility index (Phi) is 4.10. The lowest BCUT2D eigenvalue weighted by Gasteiger charge is -2.37. The predicted octanol–water partition coefficient (Wildman–Crippen LogP) is 4.75. The molecule has 26 heavy (non-hydrogen) atoms. The lowest BCUT2D eigenvalue weighted by Crippen LogP contribution is -2.49. The van der Waals surface area contributed by atoms with Crippen LogP contribution in [0.1, 0.15) is 27.7 Å². The molecule has 1 N–H and O–H groups in total. The minimum absolute atomic E-state index is 0.477. The van der Waals surface area contributed by atoms with Gasteiger partial charge in [-0.05, 0) is 50.0 Å². The van der Waals surface area contributed by atoms with Crippen molar-refractivity contribution in [1.82, 2.24) is 0 Å². The van der Waals surface area contributed by atoms with E-state index in [4.69, 9.17) is 4.65 Å². The van der Waals surface area contributed by atoms with Gasteiger partial charge < -0.3 is 9.76 Å². The van der Waals surface area contributed by atoms with Crippen LogP contribution in [0.4, 0.5) is 0 Å². The van der Waals surface area contributed by atoms with Crippen molar-refractivity contribution >= 4 is 55.2 Å². The molecule has 4 rings (SSSR count). The number of benzene rings is 3. The van der Waals surface area contributed by atoms with Crippen LogP contribution in [-0.4, -0.2) is 23.8 Å². The quantitative estimate of drug-likeness (QED) is 0.531. The van der Waals surface area contributed by atoms with E-state index in [9.17, 15) is 5.11 Å². The Morgan fingerprint density at radius 3 is 2.23 bits per heavy atom. The second kappa shape index (κ2) is 6.09. The highest BCUT2D eigenvalue weighted by molar-refractivity contribution is 7.26. The molecular weight excluding hydrogens is 339 g/mol. The van der Waals surface area contributed by atoms with Gasteiger partial charge in [0.15, 0.2) is 0 Å². The zero-order valence-corrected chi connectivity index (χ0v) is 16.5. The van der Waals surface area contributed by atoms with Gasteiger partial charge in [0.05, 0.1) is 11.2 Å². The molecule has 132 valence electrons. The van der Waals surface area contributed by atoms with Gasteiger partial charge in [0.1, 0.15) is 0 Å². The van der Waals surface area contributed by atoms with Gasteiger partial charge in [0.25, 0.3) is 0 Å². The number of thiophene rings is 1. The van der Waals surface area contributed by atoms with Gasteiger partial charge >= 0.3 is 7.48 Å². The van der Waals surface area contributed by atoms with Crippen LogP contribution in [0.3, 0.4) is 0 Å². The minimum atomic E-state index is -0.906. The first-order chi connectivity index (χ1) is 12.3. The van der Waals surface area contributed by atoms with Crippen molar-refractivity contribution in [1.29, 1.82) is 0 Å². The third kappa shape index (κ3) is 2.82. The van der Waals surface area contributed by atoms with E-state index in [1.54, 1.807) is 13.8 Å². The average Bonchev–Trinajstić information content (AvgIpc) is 2.98. The summed E-state index contributed by atoms with van der Waals surface area (Å²) < 4.78 is 8.76. The van der Waals surface area contributed by atoms with Crippen LogP contribution < -0.4 is 5.46 Å². The Bertz CT molecular complexity index is 1110. The molecule has 1 heterocycles. The maximum absolute atomic E-state index is 10.3. The Morgan fingerprint density at radius 1 is 0.808 bits per heavy atom. The molecule has 2 nitrogen and oxygen atoms in total. The summed E-state index contributed by atoms with van der Waals surface area (Å²) in [6.45, 7) is 7.44. The summed E-state index contributed by atoms with van der Waals surface area (Å²) in [4.78, 5) is 0. The van der Waals surface area contributed by atoms with Crippen molar-refractivity contribution in [2.45, 2.75) is 38.9 Å². The molecule has 0 unspecified atom stereocenters. The van der Waals surface area contributed by atoms with Crippen molar-refractivity contribution in [2.75, 3.05) is 0 Å². The van der Waals surface area contributed by atoms with Crippen LogP contribution in [0, 0.1) is 0 Å². The Hall–Kier alpha value is -1.88. The maximum Gasteiger partial charge on any atom is 0.310 e. The smallest absolute Gasteiger partial charge is 0.310 e. The van der Waals surface area contributed by atoms with Crippen LogP contribution in [0.5, 0.6) is 0 Å². The van der Waals surface area contributed by atoms with Gasteiger partial charge in [0.2, 0.25) is 0 Å². The largest absolute Gasteiger partial charge is 0.427 e. The maximum atomic E-state index is 10.3. The van der Waals surface area contributed by atoms with E-state index < -0.39 is 11.2 Å². The molecule has 0 fully saturated rings. The summed E-state index contributed by atoms with van der Waals surface area (Å²) in [7, 11) is 0.477. The molecule has 4 aromatic rings. The molecule has 0 radical (unpaired) electrons. The van der Waals surface area contributed by atoms with Gasteiger partial charge in [-0.25, -0.2) is 0 Å². The van der Waals surface area contributed by atoms with E-state index in [1.807, 2.05) is 25.2 Å². The van der Waals surface area contributed by atoms with E-state index in [-0.39, 0.29) is 0 Å². The predicted molar refractivity (Wildman–Crippen MR) is 115 cm³/mol. The molecule has 0 saturated carbocycles. The van der Waals surface area contributed by atoms with Gasteiger partial charge in [-0.3, -0.25) is 0 Å². The van der Waals surface area contributed by atoms with Gasteiger partial charge in [-0.15, -0.1) is 11.3 Å². The molecule has 0 atom stereocenters. The molecule has 0 aliphatic rings. The van der Waals surface area contributed by atoms with Crippen LogP contribution in [0.15, 0.2) is 54.6 Å². The lowest BCUT2D eigenvalue weighted by molar-refractivity contribution is -0.0893. The monoisotopic (exact) mass is 362 g/mol. The van der Waals surface area contributed by atoms with Crippen molar-refractivity contribution in [3.63, 3.8) is 0 Å². The number of hydrogen-bond acceptors (Lipinski definition) is 3. The molecule has 0 aliphatic heterocycles. The highest BCUT2D eigenvalue weighted by Crippen LogP contribution is 2.37. The molecule has 3 aromatic carbocycles. The Morgan fingerprint density at radius 2 is 1.46 bits per heavy atom. The molecule has 4 heteroatoms. The first-order valence-corrected chi connectivity index (χ1v) is 9.78. The number of hydrogen-bond donors (Lipinski definition) is 1. The van der Waals surface area contributed by atoms with Crippen LogP contribution in [0.25, 0.3) is 30.9 Å². The van der Waals surface area contributed by atoms with Gasteiger partial charge in [-0.2, -0.15) is 0 Å². The highest BCUT2D eigenvalue weighted by atomic mass is 32.1. The number of rotatable bonds is 4.